The summed E-state index contributed by atoms with van der Waals surface area (Å²) < 4.78 is 1.15. The van der Waals surface area contributed by atoms with Crippen LogP contribution in [0.3, 0.4) is 0 Å². The molecule has 2 aromatic rings. The minimum atomic E-state index is -0.0514. The van der Waals surface area contributed by atoms with Gasteiger partial charge in [-0.25, -0.2) is 0 Å². The molecule has 0 saturated heterocycles. The number of halogens is 1. The van der Waals surface area contributed by atoms with Crippen LogP contribution in [0.15, 0.2) is 48.5 Å². The van der Waals surface area contributed by atoms with E-state index in [1.807, 2.05) is 55.5 Å². The number of aryl methyl sites for hydroxylation is 1. The first-order valence-electron chi connectivity index (χ1n) is 6.00. The predicted octanol–water partition coefficient (Wildman–Crippen LogP) is 3.65. The molecule has 4 heteroatoms. The number of nitrogens with one attached hydrogen (secondary N) is 2. The quantitative estimate of drug-likeness (QED) is 0.812. The summed E-state index contributed by atoms with van der Waals surface area (Å²) >= 11 is 2.23. The number of anilines is 2. The zero-order chi connectivity index (χ0) is 13.7. The number of hydrogen-bond acceptors (Lipinski definition) is 2. The molecule has 0 spiro atoms. The molecular formula is C15H15IN2O. The van der Waals surface area contributed by atoms with Crippen LogP contribution < -0.4 is 10.6 Å². The number of rotatable bonds is 4. The minimum Gasteiger partial charge on any atom is -0.376 e. The second kappa shape index (κ2) is 6.56. The van der Waals surface area contributed by atoms with Gasteiger partial charge in [0.05, 0.1) is 6.54 Å². The summed E-state index contributed by atoms with van der Waals surface area (Å²) in [5.74, 6) is -0.0514. The van der Waals surface area contributed by atoms with E-state index in [-0.39, 0.29) is 12.5 Å². The third kappa shape index (κ3) is 4.24. The van der Waals surface area contributed by atoms with Gasteiger partial charge in [-0.3, -0.25) is 4.79 Å². The Balaban J connectivity index is 1.88. The average Bonchev–Trinajstić information content (AvgIpc) is 2.40. The third-order valence-electron chi connectivity index (χ3n) is 2.71. The first-order chi connectivity index (χ1) is 9.15. The first-order valence-corrected chi connectivity index (χ1v) is 7.08. The number of carbonyl (C=O) groups is 1. The van der Waals surface area contributed by atoms with E-state index in [4.69, 9.17) is 0 Å². The summed E-state index contributed by atoms with van der Waals surface area (Å²) in [6, 6.07) is 15.6. The lowest BCUT2D eigenvalue weighted by Gasteiger charge is -2.09. The van der Waals surface area contributed by atoms with Crippen LogP contribution in [0.4, 0.5) is 11.4 Å². The molecule has 0 radical (unpaired) electrons. The van der Waals surface area contributed by atoms with Crippen LogP contribution in [0, 0.1) is 10.5 Å². The fourth-order valence-corrected chi connectivity index (χ4v) is 2.04. The zero-order valence-corrected chi connectivity index (χ0v) is 12.8. The van der Waals surface area contributed by atoms with E-state index in [1.54, 1.807) is 0 Å². The molecule has 19 heavy (non-hydrogen) atoms. The lowest BCUT2D eigenvalue weighted by atomic mass is 10.2. The molecule has 0 aliphatic carbocycles. The van der Waals surface area contributed by atoms with Crippen LogP contribution in [0.2, 0.25) is 0 Å². The lowest BCUT2D eigenvalue weighted by Crippen LogP contribution is -2.21. The van der Waals surface area contributed by atoms with Gasteiger partial charge >= 0.3 is 0 Å². The van der Waals surface area contributed by atoms with Crippen molar-refractivity contribution in [1.29, 1.82) is 0 Å². The van der Waals surface area contributed by atoms with Crippen molar-refractivity contribution in [1.82, 2.24) is 0 Å². The van der Waals surface area contributed by atoms with Crippen LogP contribution in [-0.4, -0.2) is 12.5 Å². The maximum absolute atomic E-state index is 11.8. The van der Waals surface area contributed by atoms with Crippen molar-refractivity contribution in [2.75, 3.05) is 17.2 Å². The highest BCUT2D eigenvalue weighted by Gasteiger charge is 2.03. The summed E-state index contributed by atoms with van der Waals surface area (Å²) in [6.07, 6.45) is 0. The largest absolute Gasteiger partial charge is 0.376 e. The van der Waals surface area contributed by atoms with Crippen molar-refractivity contribution in [3.63, 3.8) is 0 Å². The van der Waals surface area contributed by atoms with E-state index in [9.17, 15) is 4.79 Å². The summed E-state index contributed by atoms with van der Waals surface area (Å²) in [5, 5.41) is 5.98. The van der Waals surface area contributed by atoms with E-state index >= 15 is 0 Å². The number of amides is 1. The second-order valence-electron chi connectivity index (χ2n) is 4.22. The van der Waals surface area contributed by atoms with Crippen LogP contribution in [0.1, 0.15) is 5.56 Å². The van der Waals surface area contributed by atoms with Gasteiger partial charge in [0.15, 0.2) is 0 Å². The highest BCUT2D eigenvalue weighted by Crippen LogP contribution is 2.13. The smallest absolute Gasteiger partial charge is 0.243 e. The molecule has 0 unspecified atom stereocenters. The normalized spacial score (nSPS) is 10.0. The summed E-state index contributed by atoms with van der Waals surface area (Å²) in [6.45, 7) is 2.27. The molecule has 0 aliphatic rings. The van der Waals surface area contributed by atoms with Crippen LogP contribution >= 0.6 is 22.6 Å². The molecule has 2 rings (SSSR count). The van der Waals surface area contributed by atoms with Gasteiger partial charge in [-0.15, -0.1) is 0 Å². The second-order valence-corrected chi connectivity index (χ2v) is 5.47. The van der Waals surface area contributed by atoms with Gasteiger partial charge < -0.3 is 10.6 Å². The fraction of sp³-hybridized carbons (Fsp3) is 0.133. The number of para-hydroxylation sites is 1. The Morgan fingerprint density at radius 1 is 1.11 bits per heavy atom. The van der Waals surface area contributed by atoms with E-state index in [0.29, 0.717) is 0 Å². The molecule has 0 aromatic heterocycles. The fourth-order valence-electron chi connectivity index (χ4n) is 1.69. The van der Waals surface area contributed by atoms with Crippen molar-refractivity contribution < 1.29 is 4.79 Å². The van der Waals surface area contributed by atoms with Crippen LogP contribution in [0.25, 0.3) is 0 Å². The Labute approximate surface area is 126 Å². The molecule has 0 bridgehead atoms. The topological polar surface area (TPSA) is 41.1 Å². The predicted molar refractivity (Wildman–Crippen MR) is 87.5 cm³/mol. The van der Waals surface area contributed by atoms with Crippen molar-refractivity contribution in [3.05, 3.63) is 57.7 Å². The van der Waals surface area contributed by atoms with Gasteiger partial charge in [0, 0.05) is 14.9 Å². The third-order valence-corrected chi connectivity index (χ3v) is 3.43. The Kier molecular flexibility index (Phi) is 4.79. The highest BCUT2D eigenvalue weighted by atomic mass is 127. The Hall–Kier alpha value is -1.56. The molecule has 98 valence electrons. The van der Waals surface area contributed by atoms with Crippen molar-refractivity contribution in [2.24, 2.45) is 0 Å². The monoisotopic (exact) mass is 366 g/mol. The van der Waals surface area contributed by atoms with E-state index in [0.717, 1.165) is 20.5 Å². The van der Waals surface area contributed by atoms with E-state index in [2.05, 4.69) is 33.2 Å². The first kappa shape index (κ1) is 13.9. The molecule has 1 amide bonds. The van der Waals surface area contributed by atoms with E-state index in [1.165, 1.54) is 0 Å². The SMILES string of the molecule is Cc1ccccc1NCC(=O)Nc1ccc(I)cc1. The molecule has 0 fully saturated rings. The van der Waals surface area contributed by atoms with E-state index < -0.39 is 0 Å². The number of hydrogen-bond donors (Lipinski definition) is 2. The molecule has 0 aliphatic heterocycles. The highest BCUT2D eigenvalue weighted by molar-refractivity contribution is 14.1. The van der Waals surface area contributed by atoms with Gasteiger partial charge in [0.2, 0.25) is 5.91 Å². The maximum atomic E-state index is 11.8. The average molecular weight is 366 g/mol. The Bertz CT molecular complexity index is 567. The molecule has 0 heterocycles. The van der Waals surface area contributed by atoms with Crippen LogP contribution in [-0.2, 0) is 4.79 Å². The number of carbonyl (C=O) groups excluding carboxylic acids is 1. The lowest BCUT2D eigenvalue weighted by molar-refractivity contribution is -0.114. The van der Waals surface area contributed by atoms with Crippen molar-refractivity contribution in [2.45, 2.75) is 6.92 Å². The molecule has 0 saturated carbocycles. The van der Waals surface area contributed by atoms with Crippen molar-refractivity contribution in [3.8, 4) is 0 Å². The Morgan fingerprint density at radius 3 is 2.47 bits per heavy atom. The molecule has 2 N–H and O–H groups in total. The summed E-state index contributed by atoms with van der Waals surface area (Å²) in [4.78, 5) is 11.8. The molecular weight excluding hydrogens is 351 g/mol. The summed E-state index contributed by atoms with van der Waals surface area (Å²) in [5.41, 5.74) is 2.93. The molecule has 3 nitrogen and oxygen atoms in total. The number of benzene rings is 2. The van der Waals surface area contributed by atoms with Gasteiger partial charge in [0.25, 0.3) is 0 Å². The standard InChI is InChI=1S/C15H15IN2O/c1-11-4-2-3-5-14(11)17-10-15(19)18-13-8-6-12(16)7-9-13/h2-9,17H,10H2,1H3,(H,18,19). The maximum Gasteiger partial charge on any atom is 0.243 e. The summed E-state index contributed by atoms with van der Waals surface area (Å²) in [7, 11) is 0. The molecule has 2 aromatic carbocycles. The van der Waals surface area contributed by atoms with Crippen molar-refractivity contribution >= 4 is 39.9 Å². The van der Waals surface area contributed by atoms with Gasteiger partial charge in [-0.05, 0) is 65.4 Å². The zero-order valence-electron chi connectivity index (χ0n) is 10.6. The van der Waals surface area contributed by atoms with Gasteiger partial charge in [0.1, 0.15) is 0 Å². The van der Waals surface area contributed by atoms with Crippen LogP contribution in [0.5, 0.6) is 0 Å². The van der Waals surface area contributed by atoms with Gasteiger partial charge in [-0.2, -0.15) is 0 Å². The Morgan fingerprint density at radius 2 is 1.79 bits per heavy atom. The van der Waals surface area contributed by atoms with Gasteiger partial charge in [-0.1, -0.05) is 18.2 Å². The molecule has 0 atom stereocenters. The minimum absolute atomic E-state index is 0.0514.